The molecular weight excluding hydrogens is 218 g/mol. The second-order valence-corrected chi connectivity index (χ2v) is 4.06. The van der Waals surface area contributed by atoms with Gasteiger partial charge in [0.05, 0.1) is 0 Å². The highest BCUT2D eigenvalue weighted by molar-refractivity contribution is 5.32. The van der Waals surface area contributed by atoms with Gasteiger partial charge in [-0.05, 0) is 13.0 Å². The largest absolute Gasteiger partial charge is 0.381 e. The van der Waals surface area contributed by atoms with E-state index >= 15 is 0 Å². The van der Waals surface area contributed by atoms with E-state index in [0.29, 0.717) is 19.8 Å². The lowest BCUT2D eigenvalue weighted by atomic mass is 9.93. The maximum absolute atomic E-state index is 5.92. The molecule has 1 saturated heterocycles. The van der Waals surface area contributed by atoms with Gasteiger partial charge < -0.3 is 14.8 Å². The van der Waals surface area contributed by atoms with Gasteiger partial charge in [-0.1, -0.05) is 0 Å². The SMILES string of the molecule is CCOC1(c2nccc(NC)n2)CCOCC1. The van der Waals surface area contributed by atoms with E-state index in [9.17, 15) is 0 Å². The Kier molecular flexibility index (Phi) is 3.91. The molecule has 5 nitrogen and oxygen atoms in total. The zero-order valence-corrected chi connectivity index (χ0v) is 10.4. The van der Waals surface area contributed by atoms with E-state index in [4.69, 9.17) is 9.47 Å². The molecule has 94 valence electrons. The van der Waals surface area contributed by atoms with Crippen LogP contribution in [0, 0.1) is 0 Å². The van der Waals surface area contributed by atoms with Crippen molar-refractivity contribution in [1.82, 2.24) is 9.97 Å². The number of nitrogens with one attached hydrogen (secondary N) is 1. The lowest BCUT2D eigenvalue weighted by Gasteiger charge is -2.35. The van der Waals surface area contributed by atoms with Crippen LogP contribution >= 0.6 is 0 Å². The molecule has 0 unspecified atom stereocenters. The average Bonchev–Trinajstić information content (AvgIpc) is 2.40. The molecule has 0 spiro atoms. The summed E-state index contributed by atoms with van der Waals surface area (Å²) in [6.45, 7) is 4.06. The maximum atomic E-state index is 5.92. The molecule has 0 bridgehead atoms. The minimum atomic E-state index is -0.375. The Morgan fingerprint density at radius 3 is 2.88 bits per heavy atom. The Bertz CT molecular complexity index is 359. The van der Waals surface area contributed by atoms with Gasteiger partial charge in [0, 0.05) is 45.9 Å². The fourth-order valence-corrected chi connectivity index (χ4v) is 2.13. The molecule has 5 heteroatoms. The first-order valence-electron chi connectivity index (χ1n) is 6.04. The van der Waals surface area contributed by atoms with Crippen molar-refractivity contribution >= 4 is 5.82 Å². The molecule has 17 heavy (non-hydrogen) atoms. The minimum absolute atomic E-state index is 0.375. The van der Waals surface area contributed by atoms with Crippen LogP contribution in [0.15, 0.2) is 12.3 Å². The van der Waals surface area contributed by atoms with Crippen LogP contribution < -0.4 is 5.32 Å². The van der Waals surface area contributed by atoms with Gasteiger partial charge in [-0.15, -0.1) is 0 Å². The van der Waals surface area contributed by atoms with Crippen LogP contribution in [0.4, 0.5) is 5.82 Å². The second-order valence-electron chi connectivity index (χ2n) is 4.06. The monoisotopic (exact) mass is 237 g/mol. The third kappa shape index (κ3) is 2.56. The van der Waals surface area contributed by atoms with Gasteiger partial charge in [-0.25, -0.2) is 9.97 Å². The van der Waals surface area contributed by atoms with Crippen LogP contribution in [0.5, 0.6) is 0 Å². The number of hydrogen-bond donors (Lipinski definition) is 1. The van der Waals surface area contributed by atoms with Crippen molar-refractivity contribution in [3.05, 3.63) is 18.1 Å². The first kappa shape index (κ1) is 12.3. The summed E-state index contributed by atoms with van der Waals surface area (Å²) in [6.07, 6.45) is 3.40. The number of aromatic nitrogens is 2. The Morgan fingerprint density at radius 1 is 1.47 bits per heavy atom. The summed E-state index contributed by atoms with van der Waals surface area (Å²) in [6, 6.07) is 1.85. The Hall–Kier alpha value is -1.20. The van der Waals surface area contributed by atoms with E-state index in [0.717, 1.165) is 24.5 Å². The molecule has 1 N–H and O–H groups in total. The van der Waals surface area contributed by atoms with Crippen LogP contribution in [-0.2, 0) is 15.1 Å². The van der Waals surface area contributed by atoms with Crippen molar-refractivity contribution in [2.45, 2.75) is 25.4 Å². The van der Waals surface area contributed by atoms with Gasteiger partial charge >= 0.3 is 0 Å². The molecular formula is C12H19N3O2. The van der Waals surface area contributed by atoms with Gasteiger partial charge in [0.2, 0.25) is 0 Å². The molecule has 1 aliphatic rings. The molecule has 0 aliphatic carbocycles. The smallest absolute Gasteiger partial charge is 0.162 e. The second kappa shape index (κ2) is 5.42. The number of anilines is 1. The summed E-state index contributed by atoms with van der Waals surface area (Å²) in [5, 5.41) is 3.03. The number of ether oxygens (including phenoxy) is 2. The number of rotatable bonds is 4. The van der Waals surface area contributed by atoms with Crippen LogP contribution in [0.25, 0.3) is 0 Å². The molecule has 1 aliphatic heterocycles. The van der Waals surface area contributed by atoms with E-state index in [1.807, 2.05) is 20.0 Å². The van der Waals surface area contributed by atoms with Gasteiger partial charge in [0.1, 0.15) is 11.4 Å². The van der Waals surface area contributed by atoms with Crippen molar-refractivity contribution in [1.29, 1.82) is 0 Å². The quantitative estimate of drug-likeness (QED) is 0.861. The van der Waals surface area contributed by atoms with Crippen molar-refractivity contribution in [3.8, 4) is 0 Å². The molecule has 0 amide bonds. The molecule has 0 radical (unpaired) electrons. The predicted octanol–water partition coefficient (Wildman–Crippen LogP) is 1.56. The fourth-order valence-electron chi connectivity index (χ4n) is 2.13. The standard InChI is InChI=1S/C12H19N3O2/c1-3-17-12(5-8-16-9-6-12)11-14-7-4-10(13-2)15-11/h4,7H,3,5-6,8-9H2,1-2H3,(H,13,14,15). The van der Waals surface area contributed by atoms with Gasteiger partial charge in [0.15, 0.2) is 5.82 Å². The minimum Gasteiger partial charge on any atom is -0.381 e. The van der Waals surface area contributed by atoms with E-state index in [1.165, 1.54) is 0 Å². The van der Waals surface area contributed by atoms with Gasteiger partial charge in [-0.2, -0.15) is 0 Å². The van der Waals surface area contributed by atoms with E-state index in [-0.39, 0.29) is 5.60 Å². The summed E-state index contributed by atoms with van der Waals surface area (Å²) in [5.41, 5.74) is -0.375. The predicted molar refractivity (Wildman–Crippen MR) is 64.9 cm³/mol. The van der Waals surface area contributed by atoms with Gasteiger partial charge in [0.25, 0.3) is 0 Å². The van der Waals surface area contributed by atoms with Crippen LogP contribution in [0.1, 0.15) is 25.6 Å². The van der Waals surface area contributed by atoms with Crippen molar-refractivity contribution < 1.29 is 9.47 Å². The normalized spacial score (nSPS) is 18.9. The average molecular weight is 237 g/mol. The highest BCUT2D eigenvalue weighted by Gasteiger charge is 2.38. The van der Waals surface area contributed by atoms with Gasteiger partial charge in [-0.3, -0.25) is 0 Å². The Labute approximate surface area is 102 Å². The fraction of sp³-hybridized carbons (Fsp3) is 0.667. The number of hydrogen-bond acceptors (Lipinski definition) is 5. The molecule has 2 heterocycles. The summed E-state index contributed by atoms with van der Waals surface area (Å²) in [4.78, 5) is 8.87. The molecule has 0 aromatic carbocycles. The van der Waals surface area contributed by atoms with Crippen molar-refractivity contribution in [2.24, 2.45) is 0 Å². The van der Waals surface area contributed by atoms with E-state index in [2.05, 4.69) is 15.3 Å². The first-order valence-corrected chi connectivity index (χ1v) is 6.04. The molecule has 0 saturated carbocycles. The summed E-state index contributed by atoms with van der Waals surface area (Å²) < 4.78 is 11.3. The Morgan fingerprint density at radius 2 is 2.24 bits per heavy atom. The molecule has 1 aromatic heterocycles. The number of nitrogens with zero attached hydrogens (tertiary/aromatic N) is 2. The Balaban J connectivity index is 2.30. The summed E-state index contributed by atoms with van der Waals surface area (Å²) >= 11 is 0. The molecule has 1 aromatic rings. The van der Waals surface area contributed by atoms with Crippen molar-refractivity contribution in [2.75, 3.05) is 32.2 Å². The third-order valence-corrected chi connectivity index (χ3v) is 3.04. The van der Waals surface area contributed by atoms with Crippen LogP contribution in [0.3, 0.4) is 0 Å². The lowest BCUT2D eigenvalue weighted by molar-refractivity contribution is -0.117. The zero-order valence-electron chi connectivity index (χ0n) is 10.4. The van der Waals surface area contributed by atoms with Crippen LogP contribution in [-0.4, -0.2) is 36.8 Å². The topological polar surface area (TPSA) is 56.3 Å². The summed E-state index contributed by atoms with van der Waals surface area (Å²) in [5.74, 6) is 1.58. The highest BCUT2D eigenvalue weighted by atomic mass is 16.5. The van der Waals surface area contributed by atoms with E-state index < -0.39 is 0 Å². The zero-order chi connectivity index (χ0) is 12.1. The third-order valence-electron chi connectivity index (χ3n) is 3.04. The maximum Gasteiger partial charge on any atom is 0.162 e. The highest BCUT2D eigenvalue weighted by Crippen LogP contribution is 2.34. The lowest BCUT2D eigenvalue weighted by Crippen LogP contribution is -2.38. The summed E-state index contributed by atoms with van der Waals surface area (Å²) in [7, 11) is 1.85. The van der Waals surface area contributed by atoms with Crippen LogP contribution in [0.2, 0.25) is 0 Å². The van der Waals surface area contributed by atoms with E-state index in [1.54, 1.807) is 6.20 Å². The molecule has 1 fully saturated rings. The van der Waals surface area contributed by atoms with Crippen molar-refractivity contribution in [3.63, 3.8) is 0 Å². The molecule has 2 rings (SSSR count). The molecule has 0 atom stereocenters. The first-order chi connectivity index (χ1) is 8.30.